The lowest BCUT2D eigenvalue weighted by molar-refractivity contribution is -0.139. The first-order valence-corrected chi connectivity index (χ1v) is 7.72. The molecule has 0 aliphatic carbocycles. The van der Waals surface area contributed by atoms with Crippen LogP contribution in [0.5, 0.6) is 0 Å². The van der Waals surface area contributed by atoms with Gasteiger partial charge in [0.1, 0.15) is 6.61 Å². The molecule has 0 aliphatic heterocycles. The molecule has 0 aliphatic rings. The van der Waals surface area contributed by atoms with E-state index in [1.165, 1.54) is 0 Å². The number of hydrogen-bond acceptors (Lipinski definition) is 3. The molecule has 23 heavy (non-hydrogen) atoms. The van der Waals surface area contributed by atoms with Gasteiger partial charge in [0.2, 0.25) is 0 Å². The van der Waals surface area contributed by atoms with Gasteiger partial charge in [0, 0.05) is 4.47 Å². The van der Waals surface area contributed by atoms with Crippen LogP contribution in [-0.2, 0) is 16.1 Å². The third-order valence-electron chi connectivity index (χ3n) is 3.24. The zero-order chi connectivity index (χ0) is 16.8. The maximum Gasteiger partial charge on any atom is 0.408 e. The molecule has 0 fully saturated rings. The van der Waals surface area contributed by atoms with Crippen molar-refractivity contribution < 1.29 is 19.4 Å². The Morgan fingerprint density at radius 3 is 2.52 bits per heavy atom. The quantitative estimate of drug-likeness (QED) is 0.830. The van der Waals surface area contributed by atoms with Crippen molar-refractivity contribution in [3.05, 3.63) is 69.7 Å². The van der Waals surface area contributed by atoms with E-state index in [1.54, 1.807) is 18.2 Å². The third kappa shape index (κ3) is 4.82. The van der Waals surface area contributed by atoms with Gasteiger partial charge in [-0.1, -0.05) is 58.4 Å². The average molecular weight is 378 g/mol. The van der Waals surface area contributed by atoms with E-state index >= 15 is 0 Å². The van der Waals surface area contributed by atoms with Gasteiger partial charge in [-0.2, -0.15) is 0 Å². The molecule has 120 valence electrons. The largest absolute Gasteiger partial charge is 0.479 e. The summed E-state index contributed by atoms with van der Waals surface area (Å²) in [7, 11) is 0. The van der Waals surface area contributed by atoms with Crippen LogP contribution in [-0.4, -0.2) is 17.2 Å². The SMILES string of the molecule is Cc1cc(C(NC(=O)OCc2ccccc2)C(=O)O)ccc1Br. The molecule has 2 aromatic rings. The van der Waals surface area contributed by atoms with Gasteiger partial charge in [-0.25, -0.2) is 9.59 Å². The lowest BCUT2D eigenvalue weighted by atomic mass is 10.0. The fourth-order valence-corrected chi connectivity index (χ4v) is 2.26. The Hall–Kier alpha value is -2.34. The maximum absolute atomic E-state index is 11.9. The summed E-state index contributed by atoms with van der Waals surface area (Å²) >= 11 is 3.36. The number of amides is 1. The minimum Gasteiger partial charge on any atom is -0.479 e. The number of aryl methyl sites for hydroxylation is 1. The number of carbonyl (C=O) groups is 2. The van der Waals surface area contributed by atoms with Crippen LogP contribution in [0.2, 0.25) is 0 Å². The zero-order valence-electron chi connectivity index (χ0n) is 12.5. The van der Waals surface area contributed by atoms with Crippen molar-refractivity contribution in [2.75, 3.05) is 0 Å². The molecule has 6 heteroatoms. The van der Waals surface area contributed by atoms with Gasteiger partial charge in [-0.15, -0.1) is 0 Å². The van der Waals surface area contributed by atoms with Crippen LogP contribution in [0.4, 0.5) is 4.79 Å². The van der Waals surface area contributed by atoms with Crippen LogP contribution in [0.25, 0.3) is 0 Å². The maximum atomic E-state index is 11.9. The molecular weight excluding hydrogens is 362 g/mol. The molecule has 0 saturated heterocycles. The Labute approximate surface area is 142 Å². The summed E-state index contributed by atoms with van der Waals surface area (Å²) < 4.78 is 5.93. The van der Waals surface area contributed by atoms with E-state index in [4.69, 9.17) is 4.74 Å². The van der Waals surface area contributed by atoms with Crippen LogP contribution >= 0.6 is 15.9 Å². The molecule has 2 aromatic carbocycles. The molecule has 2 rings (SSSR count). The second kappa shape index (κ2) is 7.78. The van der Waals surface area contributed by atoms with E-state index in [0.717, 1.165) is 15.6 Å². The minimum absolute atomic E-state index is 0.0817. The summed E-state index contributed by atoms with van der Waals surface area (Å²) in [6, 6.07) is 13.1. The number of carbonyl (C=O) groups excluding carboxylic acids is 1. The normalized spacial score (nSPS) is 11.6. The number of alkyl carbamates (subject to hydrolysis) is 1. The van der Waals surface area contributed by atoms with Crippen molar-refractivity contribution in [3.8, 4) is 0 Å². The molecule has 0 heterocycles. The van der Waals surface area contributed by atoms with Gasteiger partial charge >= 0.3 is 12.1 Å². The Morgan fingerprint density at radius 1 is 1.22 bits per heavy atom. The van der Waals surface area contributed by atoms with Crippen LogP contribution in [0, 0.1) is 6.92 Å². The van der Waals surface area contributed by atoms with Gasteiger partial charge in [0.15, 0.2) is 6.04 Å². The molecule has 1 atom stereocenters. The van der Waals surface area contributed by atoms with Crippen molar-refractivity contribution in [1.82, 2.24) is 5.32 Å². The minimum atomic E-state index is -1.16. The summed E-state index contributed by atoms with van der Waals surface area (Å²) in [5.74, 6) is -1.15. The lowest BCUT2D eigenvalue weighted by Crippen LogP contribution is -2.34. The summed E-state index contributed by atoms with van der Waals surface area (Å²) in [6.07, 6.45) is -0.776. The van der Waals surface area contributed by atoms with E-state index in [-0.39, 0.29) is 6.61 Å². The van der Waals surface area contributed by atoms with Gasteiger partial charge in [0.25, 0.3) is 0 Å². The molecule has 5 nitrogen and oxygen atoms in total. The highest BCUT2D eigenvalue weighted by Gasteiger charge is 2.23. The summed E-state index contributed by atoms with van der Waals surface area (Å²) in [5, 5.41) is 11.7. The first-order valence-electron chi connectivity index (χ1n) is 6.93. The Balaban J connectivity index is 2.02. The number of halogens is 1. The zero-order valence-corrected chi connectivity index (χ0v) is 14.0. The van der Waals surface area contributed by atoms with E-state index < -0.39 is 18.1 Å². The molecule has 0 saturated carbocycles. The highest BCUT2D eigenvalue weighted by atomic mass is 79.9. The Morgan fingerprint density at radius 2 is 1.91 bits per heavy atom. The number of benzene rings is 2. The highest BCUT2D eigenvalue weighted by Crippen LogP contribution is 2.21. The smallest absolute Gasteiger partial charge is 0.408 e. The van der Waals surface area contributed by atoms with Crippen molar-refractivity contribution in [2.24, 2.45) is 0 Å². The predicted molar refractivity (Wildman–Crippen MR) is 89.0 cm³/mol. The summed E-state index contributed by atoms with van der Waals surface area (Å²) in [5.41, 5.74) is 2.19. The molecule has 0 aromatic heterocycles. The van der Waals surface area contributed by atoms with E-state index in [2.05, 4.69) is 21.2 Å². The second-order valence-corrected chi connectivity index (χ2v) is 5.84. The van der Waals surface area contributed by atoms with Crippen molar-refractivity contribution in [3.63, 3.8) is 0 Å². The summed E-state index contributed by atoms with van der Waals surface area (Å²) in [6.45, 7) is 1.93. The Bertz CT molecular complexity index is 703. The number of hydrogen-bond donors (Lipinski definition) is 2. The number of nitrogens with one attached hydrogen (secondary N) is 1. The summed E-state index contributed by atoms with van der Waals surface area (Å²) in [4.78, 5) is 23.3. The van der Waals surface area contributed by atoms with Gasteiger partial charge in [-0.3, -0.25) is 0 Å². The highest BCUT2D eigenvalue weighted by molar-refractivity contribution is 9.10. The molecule has 0 bridgehead atoms. The molecule has 0 radical (unpaired) electrons. The molecule has 1 amide bonds. The standard InChI is InChI=1S/C17H16BrNO4/c1-11-9-13(7-8-14(11)18)15(16(20)21)19-17(22)23-10-12-5-3-2-4-6-12/h2-9,15H,10H2,1H3,(H,19,22)(H,20,21). The fraction of sp³-hybridized carbons (Fsp3) is 0.176. The van der Waals surface area contributed by atoms with Crippen LogP contribution in [0.1, 0.15) is 22.7 Å². The van der Waals surface area contributed by atoms with Gasteiger partial charge in [0.05, 0.1) is 0 Å². The van der Waals surface area contributed by atoms with E-state index in [9.17, 15) is 14.7 Å². The van der Waals surface area contributed by atoms with Crippen molar-refractivity contribution in [1.29, 1.82) is 0 Å². The van der Waals surface area contributed by atoms with Crippen LogP contribution in [0.3, 0.4) is 0 Å². The van der Waals surface area contributed by atoms with Crippen molar-refractivity contribution in [2.45, 2.75) is 19.6 Å². The lowest BCUT2D eigenvalue weighted by Gasteiger charge is -2.16. The van der Waals surface area contributed by atoms with Crippen molar-refractivity contribution >= 4 is 28.0 Å². The number of rotatable bonds is 5. The second-order valence-electron chi connectivity index (χ2n) is 4.99. The number of ether oxygens (including phenoxy) is 1. The van der Waals surface area contributed by atoms with Crippen LogP contribution < -0.4 is 5.32 Å². The van der Waals surface area contributed by atoms with Crippen LogP contribution in [0.15, 0.2) is 53.0 Å². The molecule has 2 N–H and O–H groups in total. The topological polar surface area (TPSA) is 75.6 Å². The first kappa shape index (κ1) is 17.0. The predicted octanol–water partition coefficient (Wildman–Crippen LogP) is 3.81. The number of carboxylic acid groups (broad SMARTS) is 1. The average Bonchev–Trinajstić information content (AvgIpc) is 2.54. The number of carboxylic acids is 1. The number of aliphatic carboxylic acids is 1. The van der Waals surface area contributed by atoms with Gasteiger partial charge in [-0.05, 0) is 29.7 Å². The fourth-order valence-electron chi connectivity index (χ4n) is 2.02. The Kier molecular flexibility index (Phi) is 5.76. The molecular formula is C17H16BrNO4. The van der Waals surface area contributed by atoms with E-state index in [1.807, 2.05) is 37.3 Å². The first-order chi connectivity index (χ1) is 11.0. The van der Waals surface area contributed by atoms with Gasteiger partial charge < -0.3 is 15.2 Å². The monoisotopic (exact) mass is 377 g/mol. The molecule has 0 spiro atoms. The van der Waals surface area contributed by atoms with E-state index in [0.29, 0.717) is 5.56 Å². The third-order valence-corrected chi connectivity index (χ3v) is 4.13. The molecule has 1 unspecified atom stereocenters.